The zero-order valence-corrected chi connectivity index (χ0v) is 26.7. The number of carbonyl (C=O) groups is 4. The minimum atomic E-state index is -1.80. The molecule has 1 saturated carbocycles. The van der Waals surface area contributed by atoms with Crippen molar-refractivity contribution in [3.05, 3.63) is 88.7 Å². The van der Waals surface area contributed by atoms with Crippen molar-refractivity contribution >= 4 is 59.2 Å². The van der Waals surface area contributed by atoms with Gasteiger partial charge in [-0.2, -0.15) is 0 Å². The number of hydrogen-bond donors (Lipinski definition) is 3. The van der Waals surface area contributed by atoms with E-state index in [1.54, 1.807) is 32.0 Å². The van der Waals surface area contributed by atoms with E-state index in [9.17, 15) is 38.7 Å². The summed E-state index contributed by atoms with van der Waals surface area (Å²) in [4.78, 5) is 59.1. The predicted octanol–water partition coefficient (Wildman–Crippen LogP) is 3.70. The first-order valence-electron chi connectivity index (χ1n) is 15.7. The first-order chi connectivity index (χ1) is 22.9. The lowest BCUT2D eigenvalue weighted by atomic mass is 9.51. The fourth-order valence-corrected chi connectivity index (χ4v) is 8.50. The highest BCUT2D eigenvalue weighted by molar-refractivity contribution is 6.58. The Kier molecular flexibility index (Phi) is 7.73. The molecule has 2 heterocycles. The molecule has 0 spiro atoms. The van der Waals surface area contributed by atoms with E-state index < -0.39 is 71.6 Å². The standard InChI is InChI=1S/C35H31BClFN2O8/c1-3-48-28-13-17(7-12-27(28)41)30-21-9-10-22-29(33(44)39(31(22)42)19-6-4-5-18(14-19)36(46)47)23(21)16-24-32(43)40(34(45)35(24,30)2)20-8-11-26(38)25(37)15-20/h4-9,11-15,22-24,29-30,41,46-47H,3,10,16H2,1-2H3/t22-,23+,24-,29-,30-,35+/m0/s1. The van der Waals surface area contributed by atoms with Crippen LogP contribution >= 0.6 is 11.6 Å². The summed E-state index contributed by atoms with van der Waals surface area (Å²) in [6.07, 6.45) is 2.19. The van der Waals surface area contributed by atoms with E-state index in [2.05, 4.69) is 0 Å². The summed E-state index contributed by atoms with van der Waals surface area (Å²) in [5, 5.41) is 29.7. The van der Waals surface area contributed by atoms with E-state index in [4.69, 9.17) is 16.3 Å². The monoisotopic (exact) mass is 672 g/mol. The molecule has 3 aromatic carbocycles. The van der Waals surface area contributed by atoms with Gasteiger partial charge in [-0.15, -0.1) is 0 Å². The molecular formula is C35H31BClFN2O8. The smallest absolute Gasteiger partial charge is 0.488 e. The normalized spacial score (nSPS) is 27.9. The second kappa shape index (κ2) is 11.6. The van der Waals surface area contributed by atoms with Crippen molar-refractivity contribution in [2.24, 2.45) is 29.1 Å². The van der Waals surface area contributed by atoms with Crippen LogP contribution in [0.2, 0.25) is 5.02 Å². The third-order valence-corrected chi connectivity index (χ3v) is 10.8. The van der Waals surface area contributed by atoms with Crippen molar-refractivity contribution in [1.82, 2.24) is 0 Å². The fourth-order valence-electron chi connectivity index (χ4n) is 8.33. The van der Waals surface area contributed by atoms with E-state index in [0.29, 0.717) is 5.56 Å². The number of carbonyl (C=O) groups excluding carboxylic acids is 4. The summed E-state index contributed by atoms with van der Waals surface area (Å²) >= 11 is 6.07. The summed E-state index contributed by atoms with van der Waals surface area (Å²) in [5.74, 6) is -6.49. The van der Waals surface area contributed by atoms with E-state index >= 15 is 0 Å². The molecule has 13 heteroatoms. The van der Waals surface area contributed by atoms with Crippen LogP contribution in [-0.4, -0.2) is 52.5 Å². The van der Waals surface area contributed by atoms with Crippen LogP contribution < -0.4 is 20.0 Å². The number of phenols is 1. The van der Waals surface area contributed by atoms with Gasteiger partial charge in [-0.25, -0.2) is 9.29 Å². The van der Waals surface area contributed by atoms with Crippen molar-refractivity contribution < 1.29 is 43.5 Å². The van der Waals surface area contributed by atoms with Gasteiger partial charge in [0.05, 0.1) is 46.2 Å². The van der Waals surface area contributed by atoms with Gasteiger partial charge in [0, 0.05) is 5.92 Å². The molecule has 2 aliphatic heterocycles. The van der Waals surface area contributed by atoms with Crippen LogP contribution in [0, 0.1) is 34.9 Å². The third kappa shape index (κ3) is 4.61. The van der Waals surface area contributed by atoms with Crippen molar-refractivity contribution in [2.75, 3.05) is 16.4 Å². The number of fused-ring (bicyclic) bond motifs is 4. The Bertz CT molecular complexity index is 1940. The molecule has 3 fully saturated rings. The van der Waals surface area contributed by atoms with E-state index in [0.717, 1.165) is 21.4 Å². The van der Waals surface area contributed by atoms with Gasteiger partial charge in [-0.1, -0.05) is 41.4 Å². The third-order valence-electron chi connectivity index (χ3n) is 10.5. The highest BCUT2D eigenvalue weighted by atomic mass is 35.5. The van der Waals surface area contributed by atoms with Crippen LogP contribution in [0.4, 0.5) is 15.8 Å². The first kappa shape index (κ1) is 32.1. The lowest BCUT2D eigenvalue weighted by Crippen LogP contribution is -2.48. The Morgan fingerprint density at radius 2 is 1.71 bits per heavy atom. The zero-order chi connectivity index (χ0) is 34.2. The summed E-state index contributed by atoms with van der Waals surface area (Å²) < 4.78 is 19.8. The molecule has 2 saturated heterocycles. The van der Waals surface area contributed by atoms with Crippen molar-refractivity contribution in [3.63, 3.8) is 0 Å². The minimum Gasteiger partial charge on any atom is -0.504 e. The Hall–Kier alpha value is -4.52. The Labute approximate surface area is 280 Å². The van der Waals surface area contributed by atoms with Gasteiger partial charge < -0.3 is 19.9 Å². The lowest BCUT2D eigenvalue weighted by molar-refractivity contribution is -0.131. The number of allylic oxidation sites excluding steroid dienone is 2. The largest absolute Gasteiger partial charge is 0.504 e. The van der Waals surface area contributed by atoms with Crippen LogP contribution in [-0.2, 0) is 19.2 Å². The predicted molar refractivity (Wildman–Crippen MR) is 174 cm³/mol. The number of nitrogens with zero attached hydrogens (tertiary/aromatic N) is 2. The first-order valence-corrected chi connectivity index (χ1v) is 16.1. The quantitative estimate of drug-likeness (QED) is 0.204. The number of rotatable bonds is 6. The molecule has 48 heavy (non-hydrogen) atoms. The van der Waals surface area contributed by atoms with Gasteiger partial charge in [-0.3, -0.25) is 24.1 Å². The highest BCUT2D eigenvalue weighted by Crippen LogP contribution is 2.64. The number of aromatic hydroxyl groups is 1. The molecule has 246 valence electrons. The molecule has 2 aliphatic carbocycles. The van der Waals surface area contributed by atoms with Gasteiger partial charge in [0.1, 0.15) is 5.82 Å². The summed E-state index contributed by atoms with van der Waals surface area (Å²) in [7, 11) is -1.80. The minimum absolute atomic E-state index is 0.0919. The van der Waals surface area contributed by atoms with Crippen LogP contribution in [0.25, 0.3) is 0 Å². The maximum atomic E-state index is 14.6. The molecule has 4 amide bonds. The number of anilines is 2. The number of ether oxygens (including phenoxy) is 1. The average Bonchev–Trinajstić information content (AvgIpc) is 3.43. The fraction of sp³-hybridized carbons (Fsp3) is 0.314. The molecule has 3 aromatic rings. The van der Waals surface area contributed by atoms with Gasteiger partial charge in [0.2, 0.25) is 23.6 Å². The van der Waals surface area contributed by atoms with Crippen LogP contribution in [0.15, 0.2) is 72.3 Å². The second-order valence-electron chi connectivity index (χ2n) is 12.9. The Morgan fingerprint density at radius 3 is 2.42 bits per heavy atom. The molecular weight excluding hydrogens is 642 g/mol. The lowest BCUT2D eigenvalue weighted by Gasteiger charge is -2.49. The molecule has 6 atom stereocenters. The number of hydrogen-bond acceptors (Lipinski definition) is 8. The van der Waals surface area contributed by atoms with Crippen molar-refractivity contribution in [2.45, 2.75) is 32.6 Å². The van der Waals surface area contributed by atoms with E-state index in [1.807, 2.05) is 6.08 Å². The molecule has 7 rings (SSSR count). The summed E-state index contributed by atoms with van der Waals surface area (Å²) in [6.45, 7) is 3.73. The van der Waals surface area contributed by atoms with E-state index in [1.165, 1.54) is 36.4 Å². The number of halogens is 2. The average molecular weight is 673 g/mol. The number of benzene rings is 3. The molecule has 0 bridgehead atoms. The molecule has 0 aromatic heterocycles. The van der Waals surface area contributed by atoms with Gasteiger partial charge in [0.15, 0.2) is 11.5 Å². The van der Waals surface area contributed by atoms with Crippen LogP contribution in [0.3, 0.4) is 0 Å². The maximum Gasteiger partial charge on any atom is 0.488 e. The number of imide groups is 2. The van der Waals surface area contributed by atoms with Crippen molar-refractivity contribution in [1.29, 1.82) is 0 Å². The van der Waals surface area contributed by atoms with Gasteiger partial charge in [0.25, 0.3) is 0 Å². The number of amides is 4. The van der Waals surface area contributed by atoms with Crippen LogP contribution in [0.5, 0.6) is 11.5 Å². The van der Waals surface area contributed by atoms with Gasteiger partial charge in [-0.05, 0) is 86.1 Å². The summed E-state index contributed by atoms with van der Waals surface area (Å²) in [5.41, 5.74) is 0.372. The molecule has 4 aliphatic rings. The highest BCUT2D eigenvalue weighted by Gasteiger charge is 2.67. The maximum absolute atomic E-state index is 14.6. The SMILES string of the molecule is CCOc1cc([C@H]2C3=CC[C@@H]4C(=O)N(c5cccc(B(O)O)c5)C(=O)[C@@H]4[C@@H]3C[C@H]3C(=O)N(c4ccc(F)c(Cl)c4)C(=O)[C@@]23C)ccc1O. The molecule has 10 nitrogen and oxygen atoms in total. The van der Waals surface area contributed by atoms with Crippen LogP contribution in [0.1, 0.15) is 38.2 Å². The molecule has 0 unspecified atom stereocenters. The van der Waals surface area contributed by atoms with Crippen molar-refractivity contribution in [3.8, 4) is 11.5 Å². The summed E-state index contributed by atoms with van der Waals surface area (Å²) in [6, 6.07) is 14.3. The molecule has 3 N–H and O–H groups in total. The van der Waals surface area contributed by atoms with Gasteiger partial charge >= 0.3 is 7.12 Å². The topological polar surface area (TPSA) is 145 Å². The zero-order valence-electron chi connectivity index (χ0n) is 26.0. The van der Waals surface area contributed by atoms with E-state index in [-0.39, 0.29) is 52.8 Å². The Morgan fingerprint density at radius 1 is 0.958 bits per heavy atom. The second-order valence-corrected chi connectivity index (χ2v) is 13.3. The molecule has 0 radical (unpaired) electrons. The Balaban J connectivity index is 1.36. The number of phenolic OH excluding ortho intramolecular Hbond substituents is 1.